The molecule has 222 valence electrons. The van der Waals surface area contributed by atoms with Crippen molar-refractivity contribution in [3.8, 4) is 6.19 Å². The lowest BCUT2D eigenvalue weighted by Gasteiger charge is -2.38. The van der Waals surface area contributed by atoms with Gasteiger partial charge in [-0.1, -0.05) is 26.8 Å². The van der Waals surface area contributed by atoms with Crippen LogP contribution >= 0.6 is 0 Å². The molecule has 2 aliphatic heterocycles. The predicted octanol–water partition coefficient (Wildman–Crippen LogP) is 3.90. The number of methoxy groups -OCH3 is 2. The number of nitrogens with one attached hydrogen (secondary N) is 2. The third-order valence-corrected chi connectivity index (χ3v) is 7.66. The molecule has 0 spiro atoms. The molecule has 1 fully saturated rings. The lowest BCUT2D eigenvalue weighted by molar-refractivity contribution is -0.140. The number of carbonyl (C=O) groups is 2. The van der Waals surface area contributed by atoms with E-state index in [0.29, 0.717) is 40.7 Å². The minimum Gasteiger partial charge on any atom is -0.467 e. The Morgan fingerprint density at radius 3 is 2.49 bits per heavy atom. The Balaban J connectivity index is 1.74. The zero-order valence-electron chi connectivity index (χ0n) is 25.3. The molecule has 41 heavy (non-hydrogen) atoms. The average molecular weight is 566 g/mol. The van der Waals surface area contributed by atoms with Gasteiger partial charge in [-0.25, -0.2) is 9.59 Å². The van der Waals surface area contributed by atoms with Gasteiger partial charge < -0.3 is 24.6 Å². The highest BCUT2D eigenvalue weighted by Gasteiger charge is 2.39. The van der Waals surface area contributed by atoms with E-state index in [4.69, 9.17) is 9.47 Å². The monoisotopic (exact) mass is 565 g/mol. The van der Waals surface area contributed by atoms with Crippen LogP contribution < -0.4 is 15.5 Å². The van der Waals surface area contributed by atoms with E-state index in [1.54, 1.807) is 36.9 Å². The van der Waals surface area contributed by atoms with Crippen LogP contribution in [-0.2, 0) is 19.1 Å². The molecular formula is C30H43N7O4. The predicted molar refractivity (Wildman–Crippen MR) is 160 cm³/mol. The minimum atomic E-state index is -0.952. The molecule has 2 heterocycles. The molecule has 0 aliphatic carbocycles. The van der Waals surface area contributed by atoms with Gasteiger partial charge in [0.05, 0.1) is 19.9 Å². The number of hydrogen-bond donors (Lipinski definition) is 2. The van der Waals surface area contributed by atoms with Crippen molar-refractivity contribution < 1.29 is 19.1 Å². The normalized spacial score (nSPS) is 18.9. The van der Waals surface area contributed by atoms with E-state index < -0.39 is 18.0 Å². The van der Waals surface area contributed by atoms with Gasteiger partial charge in [0, 0.05) is 23.6 Å². The first kappa shape index (κ1) is 31.6. The summed E-state index contributed by atoms with van der Waals surface area (Å²) in [6.07, 6.45) is 5.25. The molecular weight excluding hydrogens is 522 g/mol. The maximum Gasteiger partial charge on any atom is 0.356 e. The van der Waals surface area contributed by atoms with Crippen molar-refractivity contribution in [2.75, 3.05) is 50.6 Å². The van der Waals surface area contributed by atoms with Crippen molar-refractivity contribution in [3.63, 3.8) is 0 Å². The molecule has 1 atom stereocenters. The first-order valence-electron chi connectivity index (χ1n) is 14.0. The zero-order valence-corrected chi connectivity index (χ0v) is 25.3. The second kappa shape index (κ2) is 14.1. The molecule has 0 radical (unpaired) electrons. The lowest BCUT2D eigenvalue weighted by Crippen LogP contribution is -2.50. The zero-order chi connectivity index (χ0) is 30.2. The van der Waals surface area contributed by atoms with E-state index in [1.807, 2.05) is 12.3 Å². The summed E-state index contributed by atoms with van der Waals surface area (Å²) >= 11 is 0. The third-order valence-electron chi connectivity index (χ3n) is 7.66. The molecule has 1 aromatic rings. The number of carbonyl (C=O) groups excluding carboxylic acids is 2. The lowest BCUT2D eigenvalue weighted by atomic mass is 9.75. The van der Waals surface area contributed by atoms with Crippen molar-refractivity contribution in [3.05, 3.63) is 35.7 Å². The van der Waals surface area contributed by atoms with Crippen LogP contribution in [0.2, 0.25) is 0 Å². The number of nitrogens with zero attached hydrogens (tertiary/aromatic N) is 5. The summed E-state index contributed by atoms with van der Waals surface area (Å²) < 4.78 is 10.0. The molecule has 3 rings (SSSR count). The van der Waals surface area contributed by atoms with Crippen LogP contribution in [0.3, 0.4) is 0 Å². The van der Waals surface area contributed by atoms with Gasteiger partial charge in [0.25, 0.3) is 0 Å². The number of hydrogen-bond acceptors (Lipinski definition) is 9. The Morgan fingerprint density at radius 1 is 1.17 bits per heavy atom. The topological polar surface area (TPSA) is 132 Å². The SMILES string of the molecule is COC(=O)C1=C(C)N=C(C)C(C(=O)OC)N1c1cccc(NC(=NCCCN2CCC(C(C)(C)C)CC2)NC#N)c1. The molecule has 1 unspecified atom stereocenters. The molecule has 1 saturated heterocycles. The summed E-state index contributed by atoms with van der Waals surface area (Å²) in [7, 11) is 2.57. The molecule has 0 aromatic heterocycles. The van der Waals surface area contributed by atoms with Crippen molar-refractivity contribution in [1.82, 2.24) is 10.2 Å². The van der Waals surface area contributed by atoms with Gasteiger partial charge in [-0.3, -0.25) is 15.3 Å². The van der Waals surface area contributed by atoms with Crippen molar-refractivity contribution in [2.45, 2.75) is 59.9 Å². The number of rotatable bonds is 8. The summed E-state index contributed by atoms with van der Waals surface area (Å²) in [4.78, 5) is 38.6. The number of benzene rings is 1. The van der Waals surface area contributed by atoms with E-state index >= 15 is 0 Å². The third kappa shape index (κ3) is 8.07. The standard InChI is InChI=1S/C30H43N7O4/c1-20-25(27(38)40-6)37(26(21(2)34-20)28(39)41-7)24-11-8-10-23(18-24)35-29(33-19-31)32-14-9-15-36-16-12-22(13-17-36)30(3,4)5/h8,10-11,18,22,25H,9,12-17H2,1-7H3,(H2,32,33,35). The summed E-state index contributed by atoms with van der Waals surface area (Å²) in [6, 6.07) is 6.17. The van der Waals surface area contributed by atoms with Crippen molar-refractivity contribution in [2.24, 2.45) is 21.3 Å². The molecule has 2 N–H and O–H groups in total. The molecule has 1 aromatic carbocycles. The highest BCUT2D eigenvalue weighted by atomic mass is 16.5. The molecule has 0 bridgehead atoms. The molecule has 11 nitrogen and oxygen atoms in total. The number of piperidine rings is 1. The van der Waals surface area contributed by atoms with Crippen molar-refractivity contribution >= 4 is 35.0 Å². The van der Waals surface area contributed by atoms with Gasteiger partial charge in [-0.15, -0.1) is 0 Å². The fourth-order valence-electron chi connectivity index (χ4n) is 5.42. The Hall–Kier alpha value is -3.91. The Kier molecular flexibility index (Phi) is 10.9. The Morgan fingerprint density at radius 2 is 1.88 bits per heavy atom. The average Bonchev–Trinajstić information content (AvgIpc) is 2.94. The number of nitriles is 1. The highest BCUT2D eigenvalue weighted by molar-refractivity contribution is 6.13. The van der Waals surface area contributed by atoms with Gasteiger partial charge in [-0.2, -0.15) is 5.26 Å². The van der Waals surface area contributed by atoms with Gasteiger partial charge in [0.15, 0.2) is 17.9 Å². The van der Waals surface area contributed by atoms with E-state index in [1.165, 1.54) is 27.1 Å². The van der Waals surface area contributed by atoms with Gasteiger partial charge in [0.2, 0.25) is 5.96 Å². The number of esters is 2. The molecule has 0 amide bonds. The number of allylic oxidation sites excluding steroid dienone is 1. The maximum absolute atomic E-state index is 12.8. The minimum absolute atomic E-state index is 0.140. The number of likely N-dealkylation sites (tertiary alicyclic amines) is 1. The summed E-state index contributed by atoms with van der Waals surface area (Å²) in [5, 5.41) is 15.1. The van der Waals surface area contributed by atoms with E-state index in [-0.39, 0.29) is 5.70 Å². The van der Waals surface area contributed by atoms with Gasteiger partial charge in [-0.05, 0) is 82.3 Å². The Labute approximate surface area is 243 Å². The largest absolute Gasteiger partial charge is 0.467 e. The van der Waals surface area contributed by atoms with Gasteiger partial charge in [0.1, 0.15) is 0 Å². The van der Waals surface area contributed by atoms with E-state index in [9.17, 15) is 14.9 Å². The van der Waals surface area contributed by atoms with Crippen LogP contribution in [-0.4, -0.2) is 75.0 Å². The van der Waals surface area contributed by atoms with Crippen molar-refractivity contribution in [1.29, 1.82) is 5.26 Å². The quantitative estimate of drug-likeness (QED) is 0.120. The van der Waals surface area contributed by atoms with Gasteiger partial charge >= 0.3 is 11.9 Å². The number of ether oxygens (including phenoxy) is 2. The molecule has 2 aliphatic rings. The Bertz CT molecular complexity index is 1230. The highest BCUT2D eigenvalue weighted by Crippen LogP contribution is 2.34. The smallest absolute Gasteiger partial charge is 0.356 e. The maximum atomic E-state index is 12.8. The second-order valence-corrected chi connectivity index (χ2v) is 11.5. The summed E-state index contributed by atoms with van der Waals surface area (Å²) in [5.74, 6) is -0.108. The molecule has 11 heteroatoms. The van der Waals surface area contributed by atoms with E-state index in [2.05, 4.69) is 46.3 Å². The number of guanidine groups is 1. The molecule has 0 saturated carbocycles. The first-order chi connectivity index (χ1) is 19.5. The van der Waals surface area contributed by atoms with E-state index in [0.717, 1.165) is 32.0 Å². The number of aliphatic imine (C=N–C) groups is 2. The van der Waals surface area contributed by atoms with Crippen LogP contribution in [0.1, 0.15) is 53.9 Å². The summed E-state index contributed by atoms with van der Waals surface area (Å²) in [5.41, 5.74) is 2.54. The van der Waals surface area contributed by atoms with Crippen LogP contribution in [0.4, 0.5) is 11.4 Å². The van der Waals surface area contributed by atoms with Crippen LogP contribution in [0.15, 0.2) is 45.6 Å². The van der Waals surface area contributed by atoms with Crippen LogP contribution in [0.25, 0.3) is 0 Å². The summed E-state index contributed by atoms with van der Waals surface area (Å²) in [6.45, 7) is 14.1. The first-order valence-corrected chi connectivity index (χ1v) is 14.0. The fourth-order valence-corrected chi connectivity index (χ4v) is 5.42. The second-order valence-electron chi connectivity index (χ2n) is 11.5. The number of anilines is 2. The van der Waals surface area contributed by atoms with Crippen LogP contribution in [0.5, 0.6) is 0 Å². The fraction of sp³-hybridized carbons (Fsp3) is 0.567. The van der Waals surface area contributed by atoms with Crippen LogP contribution in [0, 0.1) is 22.8 Å².